The summed E-state index contributed by atoms with van der Waals surface area (Å²) in [7, 11) is 0. The summed E-state index contributed by atoms with van der Waals surface area (Å²) < 4.78 is 24.4. The first-order chi connectivity index (χ1) is 10.7. The summed E-state index contributed by atoms with van der Waals surface area (Å²) in [6, 6.07) is -0.664. The number of halogens is 1. The van der Waals surface area contributed by atoms with Crippen LogP contribution in [-0.4, -0.2) is 79.9 Å². The first-order valence-corrected chi connectivity index (χ1v) is 8.05. The molecule has 0 saturated carbocycles. The van der Waals surface area contributed by atoms with Gasteiger partial charge in [0, 0.05) is 26.1 Å². The summed E-state index contributed by atoms with van der Waals surface area (Å²) in [5.74, 6) is -0.515. The number of amides is 2. The molecule has 0 aliphatic carbocycles. The minimum absolute atomic E-state index is 0.0239. The number of rotatable bonds is 2. The topological polar surface area (TPSA) is 59.1 Å². The van der Waals surface area contributed by atoms with Crippen molar-refractivity contribution < 1.29 is 23.5 Å². The Labute approximate surface area is 129 Å². The lowest BCUT2D eigenvalue weighted by Gasteiger charge is -2.34. The molecular weight excluding hydrogens is 291 g/mol. The van der Waals surface area contributed by atoms with E-state index in [9.17, 15) is 14.0 Å². The second kappa shape index (κ2) is 6.91. The van der Waals surface area contributed by atoms with Gasteiger partial charge in [0.05, 0.1) is 32.3 Å². The number of morpholine rings is 1. The van der Waals surface area contributed by atoms with E-state index in [0.29, 0.717) is 39.5 Å². The van der Waals surface area contributed by atoms with Crippen molar-refractivity contribution in [2.45, 2.75) is 31.5 Å². The van der Waals surface area contributed by atoms with E-state index in [4.69, 9.17) is 9.47 Å². The minimum atomic E-state index is -1.12. The summed E-state index contributed by atoms with van der Waals surface area (Å²) in [6.07, 6.45) is 0.578. The summed E-state index contributed by atoms with van der Waals surface area (Å²) in [4.78, 5) is 28.4. The monoisotopic (exact) mass is 314 g/mol. The van der Waals surface area contributed by atoms with E-state index in [-0.39, 0.29) is 30.7 Å². The van der Waals surface area contributed by atoms with Gasteiger partial charge < -0.3 is 19.3 Å². The number of alkyl halides is 1. The van der Waals surface area contributed by atoms with Gasteiger partial charge in [0.2, 0.25) is 11.8 Å². The molecule has 0 aromatic rings. The normalized spacial score (nSPS) is 33.0. The molecule has 0 radical (unpaired) electrons. The van der Waals surface area contributed by atoms with Crippen LogP contribution in [-0.2, 0) is 19.1 Å². The van der Waals surface area contributed by atoms with Crippen LogP contribution in [0.3, 0.4) is 0 Å². The van der Waals surface area contributed by atoms with Crippen LogP contribution in [0.1, 0.15) is 19.3 Å². The molecule has 0 aromatic carbocycles. The number of hydrogen-bond donors (Lipinski definition) is 0. The van der Waals surface area contributed by atoms with Crippen molar-refractivity contribution in [1.82, 2.24) is 9.80 Å². The van der Waals surface area contributed by atoms with Crippen molar-refractivity contribution in [1.29, 1.82) is 0 Å². The summed E-state index contributed by atoms with van der Waals surface area (Å²) >= 11 is 0. The molecule has 0 bridgehead atoms. The van der Waals surface area contributed by atoms with Crippen LogP contribution >= 0.6 is 0 Å². The average molecular weight is 314 g/mol. The van der Waals surface area contributed by atoms with Crippen LogP contribution in [0.15, 0.2) is 0 Å². The van der Waals surface area contributed by atoms with Crippen molar-refractivity contribution in [2.24, 2.45) is 5.92 Å². The predicted molar refractivity (Wildman–Crippen MR) is 76.0 cm³/mol. The van der Waals surface area contributed by atoms with Gasteiger partial charge >= 0.3 is 0 Å². The van der Waals surface area contributed by atoms with Crippen molar-refractivity contribution in [2.75, 3.05) is 46.1 Å². The van der Waals surface area contributed by atoms with Crippen LogP contribution in [0.5, 0.6) is 0 Å². The smallest absolute Gasteiger partial charge is 0.245 e. The fourth-order valence-corrected chi connectivity index (χ4v) is 3.43. The molecule has 0 spiro atoms. The standard InChI is InChI=1S/C15H23FN2O4/c16-12-8-13(15(20)17-3-6-21-7-4-17)18(9-12)14(19)11-2-1-5-22-10-11/h11-13H,1-10H2/t11?,12-,13+/m1/s1. The van der Waals surface area contributed by atoms with Gasteiger partial charge in [-0.1, -0.05) is 0 Å². The summed E-state index contributed by atoms with van der Waals surface area (Å²) in [5, 5.41) is 0. The van der Waals surface area contributed by atoms with Gasteiger partial charge in [0.1, 0.15) is 12.2 Å². The lowest BCUT2D eigenvalue weighted by atomic mass is 10.00. The van der Waals surface area contributed by atoms with Gasteiger partial charge in [0.15, 0.2) is 0 Å². The quantitative estimate of drug-likeness (QED) is 0.731. The zero-order valence-electron chi connectivity index (χ0n) is 12.7. The van der Waals surface area contributed by atoms with E-state index in [2.05, 4.69) is 0 Å². The highest BCUT2D eigenvalue weighted by Gasteiger charge is 2.43. The van der Waals surface area contributed by atoms with Gasteiger partial charge in [-0.05, 0) is 12.8 Å². The molecule has 1 unspecified atom stereocenters. The fraction of sp³-hybridized carbons (Fsp3) is 0.867. The Bertz CT molecular complexity index is 384. The van der Waals surface area contributed by atoms with Gasteiger partial charge in [0.25, 0.3) is 0 Å². The number of ether oxygens (including phenoxy) is 2. The third kappa shape index (κ3) is 3.25. The third-order valence-corrected chi connectivity index (χ3v) is 4.65. The van der Waals surface area contributed by atoms with E-state index in [1.807, 2.05) is 0 Å². The lowest BCUT2D eigenvalue weighted by Crippen LogP contribution is -2.52. The first-order valence-electron chi connectivity index (χ1n) is 8.05. The Kier molecular flexibility index (Phi) is 4.93. The number of carbonyl (C=O) groups is 2. The van der Waals surface area contributed by atoms with E-state index in [1.165, 1.54) is 4.90 Å². The van der Waals surface area contributed by atoms with Crippen LogP contribution in [0.25, 0.3) is 0 Å². The molecule has 3 aliphatic heterocycles. The number of likely N-dealkylation sites (tertiary alicyclic amines) is 1. The molecule has 6 nitrogen and oxygen atoms in total. The Morgan fingerprint density at radius 3 is 2.50 bits per heavy atom. The highest BCUT2D eigenvalue weighted by molar-refractivity contribution is 5.89. The van der Waals surface area contributed by atoms with E-state index >= 15 is 0 Å². The van der Waals surface area contributed by atoms with Gasteiger partial charge in [-0.15, -0.1) is 0 Å². The molecule has 22 heavy (non-hydrogen) atoms. The van der Waals surface area contributed by atoms with E-state index < -0.39 is 12.2 Å². The van der Waals surface area contributed by atoms with Crippen LogP contribution in [0.2, 0.25) is 0 Å². The predicted octanol–water partition coefficient (Wildman–Crippen LogP) is 0.211. The molecule has 2 amide bonds. The highest BCUT2D eigenvalue weighted by Crippen LogP contribution is 2.27. The maximum absolute atomic E-state index is 13.9. The van der Waals surface area contributed by atoms with Gasteiger partial charge in [-0.3, -0.25) is 9.59 Å². The highest BCUT2D eigenvalue weighted by atomic mass is 19.1. The number of nitrogens with zero attached hydrogens (tertiary/aromatic N) is 2. The van der Waals surface area contributed by atoms with E-state index in [0.717, 1.165) is 12.8 Å². The molecule has 3 atom stereocenters. The van der Waals surface area contributed by atoms with Crippen LogP contribution in [0.4, 0.5) is 4.39 Å². The first kappa shape index (κ1) is 15.7. The largest absolute Gasteiger partial charge is 0.381 e. The Hall–Kier alpha value is -1.21. The molecule has 3 heterocycles. The SMILES string of the molecule is O=C([C@@H]1C[C@@H](F)CN1C(=O)C1CCCOC1)N1CCOCC1. The van der Waals surface area contributed by atoms with Gasteiger partial charge in [-0.2, -0.15) is 0 Å². The Morgan fingerprint density at radius 2 is 1.82 bits per heavy atom. The van der Waals surface area contributed by atoms with Crippen molar-refractivity contribution in [3.8, 4) is 0 Å². The minimum Gasteiger partial charge on any atom is -0.381 e. The maximum atomic E-state index is 13.9. The van der Waals surface area contributed by atoms with Crippen molar-refractivity contribution in [3.05, 3.63) is 0 Å². The van der Waals surface area contributed by atoms with Crippen molar-refractivity contribution >= 4 is 11.8 Å². The third-order valence-electron chi connectivity index (χ3n) is 4.65. The fourth-order valence-electron chi connectivity index (χ4n) is 3.43. The van der Waals surface area contributed by atoms with E-state index in [1.54, 1.807) is 4.90 Å². The molecule has 3 fully saturated rings. The molecule has 3 aliphatic rings. The lowest BCUT2D eigenvalue weighted by molar-refractivity contribution is -0.150. The molecule has 3 saturated heterocycles. The Balaban J connectivity index is 1.68. The maximum Gasteiger partial charge on any atom is 0.245 e. The molecular formula is C15H23FN2O4. The second-order valence-corrected chi connectivity index (χ2v) is 6.19. The molecule has 0 aromatic heterocycles. The second-order valence-electron chi connectivity index (χ2n) is 6.19. The van der Waals surface area contributed by atoms with Crippen molar-refractivity contribution in [3.63, 3.8) is 0 Å². The zero-order chi connectivity index (χ0) is 15.5. The molecule has 3 rings (SSSR count). The van der Waals surface area contributed by atoms with Crippen LogP contribution in [0, 0.1) is 5.92 Å². The van der Waals surface area contributed by atoms with Crippen LogP contribution < -0.4 is 0 Å². The summed E-state index contributed by atoms with van der Waals surface area (Å²) in [5.41, 5.74) is 0. The summed E-state index contributed by atoms with van der Waals surface area (Å²) in [6.45, 7) is 3.11. The number of hydrogen-bond acceptors (Lipinski definition) is 4. The van der Waals surface area contributed by atoms with Gasteiger partial charge in [-0.25, -0.2) is 4.39 Å². The Morgan fingerprint density at radius 1 is 1.05 bits per heavy atom. The average Bonchev–Trinajstić information content (AvgIpc) is 2.97. The molecule has 0 N–H and O–H groups in total. The molecule has 7 heteroatoms. The number of carbonyl (C=O) groups excluding carboxylic acids is 2. The molecule has 124 valence electrons. The zero-order valence-corrected chi connectivity index (χ0v) is 12.7.